The largest absolute Gasteiger partial charge is 0.481 e. The molecule has 2 aliphatic rings. The van der Waals surface area contributed by atoms with Gasteiger partial charge in [-0.15, -0.1) is 23.1 Å². The van der Waals surface area contributed by atoms with E-state index in [-0.39, 0.29) is 24.4 Å². The molecule has 0 saturated heterocycles. The van der Waals surface area contributed by atoms with Gasteiger partial charge < -0.3 is 5.11 Å². The third-order valence-electron chi connectivity index (χ3n) is 4.52. The van der Waals surface area contributed by atoms with Crippen molar-refractivity contribution < 1.29 is 23.1 Å². The second-order valence-corrected chi connectivity index (χ2v) is 8.43. The minimum Gasteiger partial charge on any atom is -0.481 e. The molecule has 1 aromatic heterocycles. The van der Waals surface area contributed by atoms with E-state index < -0.39 is 17.7 Å². The second-order valence-electron chi connectivity index (χ2n) is 6.41. The number of halogens is 3. The van der Waals surface area contributed by atoms with E-state index in [1.54, 1.807) is 16.8 Å². The summed E-state index contributed by atoms with van der Waals surface area (Å²) in [4.78, 5) is 15.5. The van der Waals surface area contributed by atoms with Crippen molar-refractivity contribution >= 4 is 45.0 Å². The van der Waals surface area contributed by atoms with Crippen LogP contribution in [0, 0.1) is 5.92 Å². The highest BCUT2D eigenvalue weighted by atomic mass is 32.2. The number of benzene rings is 1. The van der Waals surface area contributed by atoms with E-state index >= 15 is 0 Å². The predicted molar refractivity (Wildman–Crippen MR) is 103 cm³/mol. The van der Waals surface area contributed by atoms with Crippen molar-refractivity contribution in [2.45, 2.75) is 19.1 Å². The number of hydrogen-bond donors (Lipinski definition) is 1. The van der Waals surface area contributed by atoms with Gasteiger partial charge in [-0.3, -0.25) is 9.80 Å². The maximum atomic E-state index is 12.9. The summed E-state index contributed by atoms with van der Waals surface area (Å²) in [7, 11) is 0. The Kier molecular flexibility index (Phi) is 4.70. The smallest absolute Gasteiger partial charge is 0.416 e. The Morgan fingerprint density at radius 1 is 1.39 bits per heavy atom. The number of aliphatic carboxylic acids is 1. The molecule has 0 saturated carbocycles. The predicted octanol–water partition coefficient (Wildman–Crippen LogP) is 4.72. The zero-order valence-electron chi connectivity index (χ0n) is 14.4. The molecule has 146 valence electrons. The lowest BCUT2D eigenvalue weighted by Crippen LogP contribution is -2.33. The van der Waals surface area contributed by atoms with Gasteiger partial charge in [-0.1, -0.05) is 6.58 Å². The highest BCUT2D eigenvalue weighted by Crippen LogP contribution is 2.40. The summed E-state index contributed by atoms with van der Waals surface area (Å²) in [5, 5.41) is 17.8. The number of carboxylic acid groups (broad SMARTS) is 1. The maximum absolute atomic E-state index is 12.9. The molecule has 0 spiro atoms. The van der Waals surface area contributed by atoms with Crippen LogP contribution in [0.25, 0.3) is 10.2 Å². The molecule has 28 heavy (non-hydrogen) atoms. The summed E-state index contributed by atoms with van der Waals surface area (Å²) in [6.07, 6.45) is -4.59. The Hall–Kier alpha value is -2.33. The minimum absolute atomic E-state index is 0.0606. The molecular formula is C18H14F3N3O2S2. The number of nitrogens with zero attached hydrogens (tertiary/aromatic N) is 3. The second kappa shape index (κ2) is 6.93. The molecule has 1 unspecified atom stereocenters. The van der Waals surface area contributed by atoms with Gasteiger partial charge in [-0.25, -0.2) is 4.98 Å². The van der Waals surface area contributed by atoms with E-state index in [4.69, 9.17) is 5.11 Å². The van der Waals surface area contributed by atoms with Gasteiger partial charge in [0.1, 0.15) is 5.01 Å². The average Bonchev–Trinajstić information content (AvgIpc) is 3.23. The molecule has 1 N–H and O–H groups in total. The van der Waals surface area contributed by atoms with Gasteiger partial charge in [0, 0.05) is 11.7 Å². The minimum atomic E-state index is -4.42. The molecule has 10 heteroatoms. The number of hydrazone groups is 1. The van der Waals surface area contributed by atoms with Crippen molar-refractivity contribution in [3.05, 3.63) is 52.0 Å². The molecule has 1 aromatic carbocycles. The first kappa shape index (κ1) is 19.0. The molecule has 4 rings (SSSR count). The van der Waals surface area contributed by atoms with Crippen LogP contribution in [0.1, 0.15) is 17.0 Å². The number of aromatic nitrogens is 1. The van der Waals surface area contributed by atoms with Gasteiger partial charge in [0.05, 0.1) is 40.2 Å². The lowest BCUT2D eigenvalue weighted by atomic mass is 9.91. The quantitative estimate of drug-likeness (QED) is 0.768. The van der Waals surface area contributed by atoms with Crippen LogP contribution in [0.5, 0.6) is 0 Å². The molecule has 2 aliphatic heterocycles. The number of carbonyl (C=O) groups is 1. The van der Waals surface area contributed by atoms with Crippen molar-refractivity contribution in [3.8, 4) is 0 Å². The summed E-state index contributed by atoms with van der Waals surface area (Å²) >= 11 is 2.87. The Bertz CT molecular complexity index is 1040. The summed E-state index contributed by atoms with van der Waals surface area (Å²) in [6.45, 7) is 4.29. The van der Waals surface area contributed by atoms with E-state index in [2.05, 4.69) is 16.7 Å². The number of carboxylic acids is 1. The zero-order valence-corrected chi connectivity index (χ0v) is 16.0. The van der Waals surface area contributed by atoms with Crippen molar-refractivity contribution in [1.29, 1.82) is 0 Å². The van der Waals surface area contributed by atoms with E-state index in [0.717, 1.165) is 23.5 Å². The third kappa shape index (κ3) is 3.53. The van der Waals surface area contributed by atoms with E-state index in [9.17, 15) is 18.0 Å². The zero-order chi connectivity index (χ0) is 20.1. The number of allylic oxidation sites excluding steroid dienone is 1. The number of thioether (sulfide) groups is 1. The van der Waals surface area contributed by atoms with E-state index in [0.29, 0.717) is 21.1 Å². The average molecular weight is 425 g/mol. The molecule has 0 amide bonds. The first-order valence-electron chi connectivity index (χ1n) is 8.26. The van der Waals surface area contributed by atoms with Crippen LogP contribution >= 0.6 is 23.1 Å². The molecule has 2 aromatic rings. The fourth-order valence-electron chi connectivity index (χ4n) is 3.18. The fraction of sp³-hybridized carbons (Fsp3) is 0.278. The maximum Gasteiger partial charge on any atom is 0.416 e. The SMILES string of the molecule is C=C1C2=CSCC2C(CC(=O)O)=NN1Cc1nc2cc(C(F)(F)F)ccc2s1. The topological polar surface area (TPSA) is 65.8 Å². The van der Waals surface area contributed by atoms with Crippen LogP contribution < -0.4 is 0 Å². The fourth-order valence-corrected chi connectivity index (χ4v) is 5.25. The molecular weight excluding hydrogens is 411 g/mol. The molecule has 0 bridgehead atoms. The monoisotopic (exact) mass is 425 g/mol. The number of fused-ring (bicyclic) bond motifs is 2. The van der Waals surface area contributed by atoms with Gasteiger partial charge in [0.2, 0.25) is 0 Å². The number of rotatable bonds is 4. The van der Waals surface area contributed by atoms with Gasteiger partial charge in [-0.2, -0.15) is 18.3 Å². The van der Waals surface area contributed by atoms with E-state index in [1.165, 1.54) is 17.4 Å². The van der Waals surface area contributed by atoms with E-state index in [1.807, 2.05) is 5.41 Å². The normalized spacial score (nSPS) is 19.6. The Balaban J connectivity index is 1.64. The molecule has 0 aliphatic carbocycles. The van der Waals surface area contributed by atoms with Gasteiger partial charge in [0.15, 0.2) is 0 Å². The summed E-state index contributed by atoms with van der Waals surface area (Å²) in [5.41, 5.74) is 1.70. The molecule has 3 heterocycles. The van der Waals surface area contributed by atoms with Crippen LogP contribution in [0.15, 0.2) is 46.6 Å². The Morgan fingerprint density at radius 2 is 2.18 bits per heavy atom. The highest BCUT2D eigenvalue weighted by molar-refractivity contribution is 8.02. The molecule has 0 fully saturated rings. The van der Waals surface area contributed by atoms with Crippen molar-refractivity contribution in [2.75, 3.05) is 5.75 Å². The Morgan fingerprint density at radius 3 is 2.89 bits per heavy atom. The number of alkyl halides is 3. The third-order valence-corrected chi connectivity index (χ3v) is 6.49. The van der Waals surface area contributed by atoms with Gasteiger partial charge in [0.25, 0.3) is 0 Å². The van der Waals surface area contributed by atoms with Crippen molar-refractivity contribution in [1.82, 2.24) is 9.99 Å². The molecule has 5 nitrogen and oxygen atoms in total. The molecule has 0 radical (unpaired) electrons. The summed E-state index contributed by atoms with van der Waals surface area (Å²) in [6, 6.07) is 3.49. The first-order chi connectivity index (χ1) is 13.2. The number of hydrogen-bond acceptors (Lipinski definition) is 6. The van der Waals surface area contributed by atoms with Gasteiger partial charge >= 0.3 is 12.1 Å². The van der Waals surface area contributed by atoms with Crippen molar-refractivity contribution in [2.24, 2.45) is 11.0 Å². The van der Waals surface area contributed by atoms with Crippen LogP contribution in [-0.2, 0) is 17.5 Å². The first-order valence-corrected chi connectivity index (χ1v) is 10.1. The Labute approximate surface area is 166 Å². The lowest BCUT2D eigenvalue weighted by Gasteiger charge is -2.31. The molecule has 1 atom stereocenters. The van der Waals surface area contributed by atoms with Crippen LogP contribution in [0.3, 0.4) is 0 Å². The highest BCUT2D eigenvalue weighted by Gasteiger charge is 2.35. The van der Waals surface area contributed by atoms with Crippen LogP contribution in [0.2, 0.25) is 0 Å². The standard InChI is InChI=1S/C18H14F3N3O2S2/c1-9-11-7-27-8-12(11)13(5-17(25)26)23-24(9)6-16-22-14-4-10(18(19,20)21)2-3-15(14)28-16/h2-4,7,12H,1,5-6,8H2,(H,25,26). The number of thiazole rings is 1. The lowest BCUT2D eigenvalue weighted by molar-refractivity contribution is -0.137. The summed E-state index contributed by atoms with van der Waals surface area (Å²) < 4.78 is 39.3. The van der Waals surface area contributed by atoms with Crippen LogP contribution in [-0.4, -0.2) is 32.5 Å². The van der Waals surface area contributed by atoms with Crippen molar-refractivity contribution in [3.63, 3.8) is 0 Å². The summed E-state index contributed by atoms with van der Waals surface area (Å²) in [5.74, 6) is -0.285. The van der Waals surface area contributed by atoms with Crippen LogP contribution in [0.4, 0.5) is 13.2 Å². The van der Waals surface area contributed by atoms with Gasteiger partial charge in [-0.05, 0) is 29.2 Å².